The van der Waals surface area contributed by atoms with Crippen LogP contribution in [0.4, 0.5) is 5.69 Å². The molecule has 0 unspecified atom stereocenters. The van der Waals surface area contributed by atoms with Crippen LogP contribution in [0.3, 0.4) is 0 Å². The van der Waals surface area contributed by atoms with Crippen LogP contribution in [0.1, 0.15) is 24.0 Å². The molecule has 0 saturated heterocycles. The largest absolute Gasteiger partial charge is 0.505 e. The monoisotopic (exact) mass is 255 g/mol. The molecule has 0 atom stereocenters. The molecule has 0 spiro atoms. The van der Waals surface area contributed by atoms with Crippen LogP contribution in [-0.4, -0.2) is 19.3 Å². The van der Waals surface area contributed by atoms with Gasteiger partial charge in [0.1, 0.15) is 5.75 Å². The van der Waals surface area contributed by atoms with Crippen LogP contribution >= 0.6 is 0 Å². The standard InChI is InChI=1S/C12H17NO3S/c1-8-5-9(2)12(14)11(6-8)13-17(15,16)7-10-3-4-10/h5-6,10,13-14H,3-4,7H2,1-2H3. The number of phenolic OH excluding ortho intramolecular Hbond substituents is 1. The van der Waals surface area contributed by atoms with Crippen LogP contribution in [0, 0.1) is 19.8 Å². The smallest absolute Gasteiger partial charge is 0.233 e. The second-order valence-electron chi connectivity index (χ2n) is 4.80. The van der Waals surface area contributed by atoms with Crippen molar-refractivity contribution in [3.05, 3.63) is 23.3 Å². The molecule has 1 fully saturated rings. The van der Waals surface area contributed by atoms with Crippen LogP contribution in [0.5, 0.6) is 5.75 Å². The maximum Gasteiger partial charge on any atom is 0.233 e. The van der Waals surface area contributed by atoms with E-state index in [2.05, 4.69) is 4.72 Å². The molecule has 2 rings (SSSR count). The van der Waals surface area contributed by atoms with Gasteiger partial charge in [-0.1, -0.05) is 6.07 Å². The van der Waals surface area contributed by atoms with Gasteiger partial charge in [-0.05, 0) is 49.8 Å². The Bertz CT molecular complexity index is 533. The first-order valence-corrected chi connectivity index (χ1v) is 7.33. The lowest BCUT2D eigenvalue weighted by Crippen LogP contribution is -2.18. The number of nitrogens with one attached hydrogen (secondary N) is 1. The minimum atomic E-state index is -3.34. The Labute approximate surface area is 102 Å². The predicted molar refractivity (Wildman–Crippen MR) is 67.7 cm³/mol. The molecule has 1 aromatic carbocycles. The van der Waals surface area contributed by atoms with E-state index in [1.54, 1.807) is 13.0 Å². The van der Waals surface area contributed by atoms with Crippen molar-refractivity contribution < 1.29 is 13.5 Å². The zero-order valence-electron chi connectivity index (χ0n) is 10.0. The predicted octanol–water partition coefficient (Wildman–Crippen LogP) is 2.16. The zero-order valence-corrected chi connectivity index (χ0v) is 10.8. The highest BCUT2D eigenvalue weighted by atomic mass is 32.2. The number of aryl methyl sites for hydroxylation is 2. The van der Waals surface area contributed by atoms with Gasteiger partial charge in [-0.15, -0.1) is 0 Å². The number of sulfonamides is 1. The highest BCUT2D eigenvalue weighted by Crippen LogP contribution is 2.33. The summed E-state index contributed by atoms with van der Waals surface area (Å²) in [4.78, 5) is 0. The number of phenols is 1. The fourth-order valence-corrected chi connectivity index (χ4v) is 3.37. The van der Waals surface area contributed by atoms with Gasteiger partial charge in [0.2, 0.25) is 10.0 Å². The van der Waals surface area contributed by atoms with Gasteiger partial charge in [-0.25, -0.2) is 8.42 Å². The summed E-state index contributed by atoms with van der Waals surface area (Å²) < 4.78 is 26.1. The summed E-state index contributed by atoms with van der Waals surface area (Å²) in [6.07, 6.45) is 1.97. The van der Waals surface area contributed by atoms with E-state index in [-0.39, 0.29) is 17.2 Å². The maximum absolute atomic E-state index is 11.8. The second kappa shape index (κ2) is 4.22. The molecule has 1 aliphatic rings. The highest BCUT2D eigenvalue weighted by Gasteiger charge is 2.28. The molecule has 1 saturated carbocycles. The topological polar surface area (TPSA) is 66.4 Å². The van der Waals surface area contributed by atoms with Crippen molar-refractivity contribution in [1.82, 2.24) is 0 Å². The Morgan fingerprint density at radius 2 is 2.00 bits per heavy atom. The third-order valence-corrected chi connectivity index (χ3v) is 4.30. The van der Waals surface area contributed by atoms with Gasteiger partial charge in [0.25, 0.3) is 0 Å². The van der Waals surface area contributed by atoms with Gasteiger partial charge >= 0.3 is 0 Å². The van der Waals surface area contributed by atoms with E-state index in [9.17, 15) is 13.5 Å². The third-order valence-electron chi connectivity index (χ3n) is 2.86. The molecule has 1 aliphatic carbocycles. The summed E-state index contributed by atoms with van der Waals surface area (Å²) in [5.74, 6) is 0.454. The molecule has 0 radical (unpaired) electrons. The highest BCUT2D eigenvalue weighted by molar-refractivity contribution is 7.92. The number of benzene rings is 1. The Hall–Kier alpha value is -1.23. The fourth-order valence-electron chi connectivity index (χ4n) is 1.84. The summed E-state index contributed by atoms with van der Waals surface area (Å²) >= 11 is 0. The van der Waals surface area contributed by atoms with Crippen molar-refractivity contribution in [3.8, 4) is 5.75 Å². The molecule has 17 heavy (non-hydrogen) atoms. The number of hydrogen-bond acceptors (Lipinski definition) is 3. The molecule has 1 aromatic rings. The van der Waals surface area contributed by atoms with Crippen LogP contribution in [0.2, 0.25) is 0 Å². The first kappa shape index (κ1) is 12.2. The molecule has 0 aliphatic heterocycles. The summed E-state index contributed by atoms with van der Waals surface area (Å²) in [7, 11) is -3.34. The molecule has 5 heteroatoms. The Morgan fingerprint density at radius 1 is 1.35 bits per heavy atom. The molecule has 0 aromatic heterocycles. The Morgan fingerprint density at radius 3 is 2.59 bits per heavy atom. The van der Waals surface area contributed by atoms with Gasteiger partial charge in [0, 0.05) is 0 Å². The van der Waals surface area contributed by atoms with E-state index in [4.69, 9.17) is 0 Å². The Kier molecular flexibility index (Phi) is 3.03. The normalized spacial score (nSPS) is 15.9. The van der Waals surface area contributed by atoms with Gasteiger partial charge in [-0.3, -0.25) is 4.72 Å². The van der Waals surface area contributed by atoms with Crippen LogP contribution in [-0.2, 0) is 10.0 Å². The van der Waals surface area contributed by atoms with Crippen molar-refractivity contribution >= 4 is 15.7 Å². The molecular weight excluding hydrogens is 238 g/mol. The summed E-state index contributed by atoms with van der Waals surface area (Å²) in [6, 6.07) is 3.46. The number of rotatable bonds is 4. The van der Waals surface area contributed by atoms with E-state index in [0.29, 0.717) is 11.5 Å². The maximum atomic E-state index is 11.8. The van der Waals surface area contributed by atoms with E-state index < -0.39 is 10.0 Å². The average molecular weight is 255 g/mol. The molecule has 0 bridgehead atoms. The number of anilines is 1. The van der Waals surface area contributed by atoms with Crippen LogP contribution < -0.4 is 4.72 Å². The molecule has 94 valence electrons. The first-order chi connectivity index (χ1) is 7.87. The first-order valence-electron chi connectivity index (χ1n) is 5.68. The lowest BCUT2D eigenvalue weighted by Gasteiger charge is -2.11. The summed E-state index contributed by atoms with van der Waals surface area (Å²) in [5, 5.41) is 9.81. The SMILES string of the molecule is Cc1cc(C)c(O)c(NS(=O)(=O)CC2CC2)c1. The van der Waals surface area contributed by atoms with Crippen molar-refractivity contribution in [2.75, 3.05) is 10.5 Å². The van der Waals surface area contributed by atoms with Crippen LogP contribution in [0.15, 0.2) is 12.1 Å². The fraction of sp³-hybridized carbons (Fsp3) is 0.500. The van der Waals surface area contributed by atoms with Gasteiger partial charge < -0.3 is 5.11 Å². The van der Waals surface area contributed by atoms with E-state index in [1.807, 2.05) is 13.0 Å². The average Bonchev–Trinajstić information content (AvgIpc) is 2.95. The van der Waals surface area contributed by atoms with Gasteiger partial charge in [0.15, 0.2) is 0 Å². The minimum absolute atomic E-state index is 0.00923. The third kappa shape index (κ3) is 3.12. The van der Waals surface area contributed by atoms with Gasteiger partial charge in [0.05, 0.1) is 11.4 Å². The Balaban J connectivity index is 2.22. The second-order valence-corrected chi connectivity index (χ2v) is 6.57. The molecule has 4 nitrogen and oxygen atoms in total. The van der Waals surface area contributed by atoms with Crippen molar-refractivity contribution in [2.24, 2.45) is 5.92 Å². The number of aromatic hydroxyl groups is 1. The molecule has 2 N–H and O–H groups in total. The zero-order chi connectivity index (χ0) is 12.6. The lowest BCUT2D eigenvalue weighted by atomic mass is 10.1. The lowest BCUT2D eigenvalue weighted by molar-refractivity contribution is 0.473. The summed E-state index contributed by atoms with van der Waals surface area (Å²) in [6.45, 7) is 3.62. The van der Waals surface area contributed by atoms with E-state index >= 15 is 0 Å². The minimum Gasteiger partial charge on any atom is -0.505 e. The molecule has 0 heterocycles. The van der Waals surface area contributed by atoms with Crippen LogP contribution in [0.25, 0.3) is 0 Å². The van der Waals surface area contributed by atoms with E-state index in [0.717, 1.165) is 18.4 Å². The van der Waals surface area contributed by atoms with E-state index in [1.165, 1.54) is 0 Å². The number of hydrogen-bond donors (Lipinski definition) is 2. The summed E-state index contributed by atoms with van der Waals surface area (Å²) in [5.41, 5.74) is 1.88. The van der Waals surface area contributed by atoms with Crippen molar-refractivity contribution in [1.29, 1.82) is 0 Å². The quantitative estimate of drug-likeness (QED) is 0.810. The van der Waals surface area contributed by atoms with Crippen molar-refractivity contribution in [2.45, 2.75) is 26.7 Å². The van der Waals surface area contributed by atoms with Gasteiger partial charge in [-0.2, -0.15) is 0 Å². The molecular formula is C12H17NO3S. The van der Waals surface area contributed by atoms with Crippen molar-refractivity contribution in [3.63, 3.8) is 0 Å². The molecule has 0 amide bonds.